The average Bonchev–Trinajstić information content (AvgIpc) is 2.62. The number of nitrogens with one attached hydrogen (secondary N) is 1. The Morgan fingerprint density at radius 1 is 1.19 bits per heavy atom. The minimum Gasteiger partial charge on any atom is -0.492 e. The van der Waals surface area contributed by atoms with Gasteiger partial charge in [-0.2, -0.15) is 0 Å². The van der Waals surface area contributed by atoms with Crippen molar-refractivity contribution in [3.05, 3.63) is 23.2 Å². The van der Waals surface area contributed by atoms with Crippen LogP contribution in [0, 0.1) is 0 Å². The summed E-state index contributed by atoms with van der Waals surface area (Å²) in [6.07, 6.45) is 3.35. The van der Waals surface area contributed by atoms with Crippen LogP contribution in [0.3, 0.4) is 0 Å². The highest BCUT2D eigenvalue weighted by Gasteiger charge is 2.33. The molecule has 1 aromatic carbocycles. The van der Waals surface area contributed by atoms with Gasteiger partial charge in [-0.15, -0.1) is 0 Å². The molecule has 0 heterocycles. The van der Waals surface area contributed by atoms with Crippen LogP contribution < -0.4 is 10.1 Å². The topological polar surface area (TPSA) is 56.8 Å². The third kappa shape index (κ3) is 7.68. The zero-order chi connectivity index (χ0) is 20.5. The summed E-state index contributed by atoms with van der Waals surface area (Å²) in [4.78, 5) is 12.7. The maximum atomic E-state index is 12.7. The van der Waals surface area contributed by atoms with Crippen LogP contribution in [-0.4, -0.2) is 37.4 Å². The van der Waals surface area contributed by atoms with Crippen molar-refractivity contribution in [3.8, 4) is 5.75 Å². The van der Waals surface area contributed by atoms with Crippen LogP contribution in [0.15, 0.2) is 18.2 Å². The Morgan fingerprint density at radius 3 is 2.44 bits per heavy atom. The molecule has 0 aliphatic carbocycles. The molecule has 0 aromatic heterocycles. The molecule has 6 heteroatoms. The minimum absolute atomic E-state index is 0.163. The summed E-state index contributed by atoms with van der Waals surface area (Å²) in [7, 11) is 1.68. The molecule has 0 unspecified atom stereocenters. The number of halogens is 1. The van der Waals surface area contributed by atoms with Gasteiger partial charge in [-0.05, 0) is 52.3 Å². The first-order valence-corrected chi connectivity index (χ1v) is 9.98. The van der Waals surface area contributed by atoms with E-state index < -0.39 is 5.60 Å². The van der Waals surface area contributed by atoms with Crippen molar-refractivity contribution in [2.45, 2.75) is 71.5 Å². The number of benzene rings is 1. The first-order valence-electron chi connectivity index (χ1n) is 9.60. The Labute approximate surface area is 168 Å². The third-order valence-corrected chi connectivity index (χ3v) is 4.95. The van der Waals surface area contributed by atoms with E-state index in [9.17, 15) is 4.79 Å². The molecule has 5 nitrogen and oxygen atoms in total. The second kappa shape index (κ2) is 10.9. The highest BCUT2D eigenvalue weighted by atomic mass is 35.5. The highest BCUT2D eigenvalue weighted by molar-refractivity contribution is 6.32. The fourth-order valence-electron chi connectivity index (χ4n) is 2.55. The van der Waals surface area contributed by atoms with Crippen molar-refractivity contribution >= 4 is 23.2 Å². The number of anilines is 1. The van der Waals surface area contributed by atoms with E-state index in [2.05, 4.69) is 12.2 Å². The largest absolute Gasteiger partial charge is 0.492 e. The molecule has 0 saturated carbocycles. The number of amides is 1. The summed E-state index contributed by atoms with van der Waals surface area (Å²) in [5.41, 5.74) is -0.474. The van der Waals surface area contributed by atoms with E-state index >= 15 is 0 Å². The van der Waals surface area contributed by atoms with E-state index in [1.165, 1.54) is 0 Å². The van der Waals surface area contributed by atoms with Gasteiger partial charge < -0.3 is 19.5 Å². The summed E-state index contributed by atoms with van der Waals surface area (Å²) < 4.78 is 16.9. The summed E-state index contributed by atoms with van der Waals surface area (Å²) in [5, 5.41) is 3.36. The Balaban J connectivity index is 2.73. The quantitative estimate of drug-likeness (QED) is 0.507. The highest BCUT2D eigenvalue weighted by Crippen LogP contribution is 2.29. The van der Waals surface area contributed by atoms with E-state index in [0.29, 0.717) is 36.1 Å². The van der Waals surface area contributed by atoms with Gasteiger partial charge in [0.15, 0.2) is 0 Å². The van der Waals surface area contributed by atoms with Crippen LogP contribution in [0.25, 0.3) is 0 Å². The van der Waals surface area contributed by atoms with Crippen molar-refractivity contribution in [1.82, 2.24) is 0 Å². The molecule has 0 saturated heterocycles. The number of unbranched alkanes of at least 4 members (excludes halogenated alkanes) is 1. The lowest BCUT2D eigenvalue weighted by Gasteiger charge is -2.28. The van der Waals surface area contributed by atoms with Gasteiger partial charge in [-0.3, -0.25) is 4.79 Å². The van der Waals surface area contributed by atoms with Gasteiger partial charge in [-0.25, -0.2) is 0 Å². The molecule has 0 aliphatic heterocycles. The normalized spacial score (nSPS) is 13.9. The zero-order valence-corrected chi connectivity index (χ0v) is 18.2. The lowest BCUT2D eigenvalue weighted by Crippen LogP contribution is -2.42. The van der Waals surface area contributed by atoms with Crippen LogP contribution in [0.1, 0.15) is 60.3 Å². The van der Waals surface area contributed by atoms with Crippen LogP contribution in [0.2, 0.25) is 5.02 Å². The van der Waals surface area contributed by atoms with Crippen LogP contribution in [-0.2, 0) is 14.3 Å². The van der Waals surface area contributed by atoms with E-state index in [1.807, 2.05) is 27.7 Å². The van der Waals surface area contributed by atoms with Crippen molar-refractivity contribution in [3.63, 3.8) is 0 Å². The molecule has 0 fully saturated rings. The lowest BCUT2D eigenvalue weighted by molar-refractivity contribution is -0.139. The van der Waals surface area contributed by atoms with Crippen LogP contribution >= 0.6 is 11.6 Å². The number of rotatable bonds is 12. The molecular formula is C21H34ClNO4. The molecular weight excluding hydrogens is 366 g/mol. The second-order valence-corrected chi connectivity index (χ2v) is 7.84. The maximum Gasteiger partial charge on any atom is 0.256 e. The van der Waals surface area contributed by atoms with E-state index in [4.69, 9.17) is 25.8 Å². The molecule has 0 bridgehead atoms. The standard InChI is InChI=1S/C21H34ClNO4/c1-7-9-12-21(5,27-8-2)19(24)23-16-10-11-18(17(22)15-16)26-14-13-20(3,4)25-6/h10-11,15H,7-9,12-14H2,1-6H3,(H,23,24)/t21-/m0/s1. The molecule has 1 amide bonds. The smallest absolute Gasteiger partial charge is 0.256 e. The first-order chi connectivity index (χ1) is 12.7. The van der Waals surface area contributed by atoms with Gasteiger partial charge in [0, 0.05) is 25.8 Å². The van der Waals surface area contributed by atoms with Crippen LogP contribution in [0.4, 0.5) is 5.69 Å². The predicted octanol–water partition coefficient (Wildman–Crippen LogP) is 5.46. The van der Waals surface area contributed by atoms with Gasteiger partial charge in [-0.1, -0.05) is 31.4 Å². The van der Waals surface area contributed by atoms with Gasteiger partial charge in [0.25, 0.3) is 5.91 Å². The molecule has 1 N–H and O–H groups in total. The van der Waals surface area contributed by atoms with Crippen molar-refractivity contribution in [1.29, 1.82) is 0 Å². The fourth-order valence-corrected chi connectivity index (χ4v) is 2.79. The molecule has 0 aliphatic rings. The summed E-state index contributed by atoms with van der Waals surface area (Å²) in [5.74, 6) is 0.421. The Morgan fingerprint density at radius 2 is 1.89 bits per heavy atom. The average molecular weight is 400 g/mol. The fraction of sp³-hybridized carbons (Fsp3) is 0.667. The van der Waals surface area contributed by atoms with Crippen molar-refractivity contribution in [2.75, 3.05) is 25.6 Å². The molecule has 1 rings (SSSR count). The van der Waals surface area contributed by atoms with Gasteiger partial charge >= 0.3 is 0 Å². The Bertz CT molecular complexity index is 606. The molecule has 0 radical (unpaired) electrons. The molecule has 1 atom stereocenters. The number of carbonyl (C=O) groups is 1. The first kappa shape index (κ1) is 23.7. The van der Waals surface area contributed by atoms with Gasteiger partial charge in [0.05, 0.1) is 17.2 Å². The summed E-state index contributed by atoms with van der Waals surface area (Å²) >= 11 is 6.32. The number of ether oxygens (including phenoxy) is 3. The second-order valence-electron chi connectivity index (χ2n) is 7.43. The third-order valence-electron chi connectivity index (χ3n) is 4.65. The number of carbonyl (C=O) groups excluding carboxylic acids is 1. The number of hydrogen-bond acceptors (Lipinski definition) is 4. The molecule has 0 spiro atoms. The number of methoxy groups -OCH3 is 1. The minimum atomic E-state index is -0.849. The van der Waals surface area contributed by atoms with Crippen LogP contribution in [0.5, 0.6) is 5.75 Å². The lowest BCUT2D eigenvalue weighted by atomic mass is 9.97. The Hall–Kier alpha value is -1.30. The number of hydrogen-bond donors (Lipinski definition) is 1. The van der Waals surface area contributed by atoms with E-state index in [1.54, 1.807) is 25.3 Å². The van der Waals surface area contributed by atoms with Gasteiger partial charge in [0.2, 0.25) is 0 Å². The SMILES string of the molecule is CCCC[C@](C)(OCC)C(=O)Nc1ccc(OCCC(C)(C)OC)c(Cl)c1. The molecule has 27 heavy (non-hydrogen) atoms. The van der Waals surface area contributed by atoms with Gasteiger partial charge in [0.1, 0.15) is 11.4 Å². The maximum absolute atomic E-state index is 12.7. The summed E-state index contributed by atoms with van der Waals surface area (Å²) in [6.45, 7) is 10.8. The van der Waals surface area contributed by atoms with E-state index in [-0.39, 0.29) is 11.5 Å². The predicted molar refractivity (Wildman–Crippen MR) is 111 cm³/mol. The summed E-state index contributed by atoms with van der Waals surface area (Å²) in [6, 6.07) is 5.25. The molecule has 154 valence electrons. The van der Waals surface area contributed by atoms with E-state index in [0.717, 1.165) is 19.3 Å². The Kier molecular flexibility index (Phi) is 9.57. The van der Waals surface area contributed by atoms with Crippen molar-refractivity contribution in [2.24, 2.45) is 0 Å². The zero-order valence-electron chi connectivity index (χ0n) is 17.5. The monoisotopic (exact) mass is 399 g/mol. The molecule has 1 aromatic rings. The van der Waals surface area contributed by atoms with Crippen molar-refractivity contribution < 1.29 is 19.0 Å².